The van der Waals surface area contributed by atoms with Crippen LogP contribution in [0.5, 0.6) is 5.75 Å². The lowest BCUT2D eigenvalue weighted by atomic mass is 9.87. The van der Waals surface area contributed by atoms with Crippen LogP contribution in [0.15, 0.2) is 54.9 Å². The molecule has 3 heterocycles. The molecule has 7 nitrogen and oxygen atoms in total. The number of pyridine rings is 1. The molecule has 1 unspecified atom stereocenters. The van der Waals surface area contributed by atoms with Crippen LogP contribution in [0.3, 0.4) is 0 Å². The Bertz CT molecular complexity index is 830. The van der Waals surface area contributed by atoms with Crippen LogP contribution in [0.2, 0.25) is 0 Å². The van der Waals surface area contributed by atoms with E-state index >= 15 is 0 Å². The number of carbonyl (C=O) groups excluding carboxylic acids is 2. The Balaban J connectivity index is 1.42. The number of benzene rings is 1. The first-order chi connectivity index (χ1) is 13.7. The van der Waals surface area contributed by atoms with Gasteiger partial charge in [0.25, 0.3) is 11.8 Å². The van der Waals surface area contributed by atoms with E-state index < -0.39 is 0 Å². The van der Waals surface area contributed by atoms with Crippen molar-refractivity contribution in [3.05, 3.63) is 54.9 Å². The lowest BCUT2D eigenvalue weighted by Gasteiger charge is -2.31. The molecule has 1 spiro atoms. The molecule has 146 valence electrons. The van der Waals surface area contributed by atoms with Crippen molar-refractivity contribution in [3.63, 3.8) is 0 Å². The molecule has 4 rings (SSSR count). The summed E-state index contributed by atoms with van der Waals surface area (Å²) in [5, 5.41) is 0. The average molecular weight is 381 g/mol. The summed E-state index contributed by atoms with van der Waals surface area (Å²) in [5.41, 5.74) is 0.605. The Labute approximate surface area is 163 Å². The molecular weight excluding hydrogens is 358 g/mol. The summed E-state index contributed by atoms with van der Waals surface area (Å²) in [7, 11) is 0. The van der Waals surface area contributed by atoms with Gasteiger partial charge in [0, 0.05) is 36.9 Å². The van der Waals surface area contributed by atoms with Crippen LogP contribution >= 0.6 is 0 Å². The minimum absolute atomic E-state index is 0.0238. The molecule has 2 aromatic rings. The van der Waals surface area contributed by atoms with Crippen LogP contribution < -0.4 is 9.64 Å². The summed E-state index contributed by atoms with van der Waals surface area (Å²) in [6.45, 7) is 2.24. The van der Waals surface area contributed by atoms with Gasteiger partial charge >= 0.3 is 0 Å². The Hall–Kier alpha value is -2.93. The quantitative estimate of drug-likeness (QED) is 0.807. The number of amides is 2. The van der Waals surface area contributed by atoms with Gasteiger partial charge in [-0.1, -0.05) is 18.2 Å². The molecule has 1 aromatic heterocycles. The topological polar surface area (TPSA) is 72.0 Å². The third-order valence-electron chi connectivity index (χ3n) is 5.28. The molecule has 2 aliphatic rings. The summed E-state index contributed by atoms with van der Waals surface area (Å²) in [4.78, 5) is 32.7. The molecule has 0 N–H and O–H groups in total. The van der Waals surface area contributed by atoms with Crippen molar-refractivity contribution >= 4 is 17.5 Å². The molecule has 28 heavy (non-hydrogen) atoms. The molecular formula is C21H23N3O4. The molecule has 2 amide bonds. The van der Waals surface area contributed by atoms with E-state index in [4.69, 9.17) is 9.47 Å². The van der Waals surface area contributed by atoms with Crippen LogP contribution in [-0.4, -0.2) is 61.2 Å². The zero-order valence-corrected chi connectivity index (χ0v) is 15.6. The van der Waals surface area contributed by atoms with Crippen molar-refractivity contribution in [2.75, 3.05) is 44.4 Å². The lowest BCUT2D eigenvalue weighted by Crippen LogP contribution is -2.44. The highest BCUT2D eigenvalue weighted by Gasteiger charge is 2.44. The molecule has 0 aliphatic carbocycles. The van der Waals surface area contributed by atoms with Gasteiger partial charge < -0.3 is 19.3 Å². The van der Waals surface area contributed by atoms with E-state index in [2.05, 4.69) is 4.98 Å². The molecule has 7 heteroatoms. The van der Waals surface area contributed by atoms with E-state index in [0.717, 1.165) is 12.1 Å². The maximum atomic E-state index is 12.6. The maximum Gasteiger partial charge on any atom is 0.260 e. The second kappa shape index (κ2) is 7.98. The van der Waals surface area contributed by atoms with Crippen LogP contribution in [0.4, 0.5) is 5.69 Å². The predicted octanol–water partition coefficient (Wildman–Crippen LogP) is 1.74. The fraction of sp³-hybridized carbons (Fsp3) is 0.381. The van der Waals surface area contributed by atoms with Gasteiger partial charge in [0.1, 0.15) is 12.4 Å². The number of nitrogens with zero attached hydrogens (tertiary/aromatic N) is 3. The average Bonchev–Trinajstić information content (AvgIpc) is 3.08. The van der Waals surface area contributed by atoms with Crippen molar-refractivity contribution in [1.29, 1.82) is 0 Å². The number of carbonyl (C=O) groups is 2. The number of likely N-dealkylation sites (tertiary alicyclic amines) is 1. The Kier molecular flexibility index (Phi) is 5.25. The summed E-state index contributed by atoms with van der Waals surface area (Å²) in [6, 6.07) is 13.2. The van der Waals surface area contributed by atoms with Gasteiger partial charge in [-0.25, -0.2) is 0 Å². The van der Waals surface area contributed by atoms with E-state index in [0.29, 0.717) is 32.0 Å². The Morgan fingerprint density at radius 2 is 2.04 bits per heavy atom. The van der Waals surface area contributed by atoms with Gasteiger partial charge in [-0.05, 0) is 30.7 Å². The first-order valence-corrected chi connectivity index (χ1v) is 9.39. The van der Waals surface area contributed by atoms with E-state index in [9.17, 15) is 9.59 Å². The van der Waals surface area contributed by atoms with Gasteiger partial charge in [-0.15, -0.1) is 0 Å². The lowest BCUT2D eigenvalue weighted by molar-refractivity contribution is -0.133. The number of hydrogen-bond donors (Lipinski definition) is 0. The van der Waals surface area contributed by atoms with Gasteiger partial charge in [-0.2, -0.15) is 0 Å². The number of para-hydroxylation sites is 1. The number of aromatic nitrogens is 1. The third-order valence-corrected chi connectivity index (χ3v) is 5.28. The number of ether oxygens (including phenoxy) is 2. The first-order valence-electron chi connectivity index (χ1n) is 9.39. The number of anilines is 1. The highest BCUT2D eigenvalue weighted by Crippen LogP contribution is 2.35. The molecule has 0 bridgehead atoms. The fourth-order valence-electron chi connectivity index (χ4n) is 3.81. The second-order valence-corrected chi connectivity index (χ2v) is 7.35. The van der Waals surface area contributed by atoms with E-state index in [1.54, 1.807) is 34.3 Å². The van der Waals surface area contributed by atoms with Crippen LogP contribution in [0, 0.1) is 5.41 Å². The molecule has 2 aliphatic heterocycles. The van der Waals surface area contributed by atoms with E-state index in [1.807, 2.05) is 30.3 Å². The molecule has 2 saturated heterocycles. The van der Waals surface area contributed by atoms with Crippen molar-refractivity contribution in [1.82, 2.24) is 9.88 Å². The first kappa shape index (κ1) is 18.4. The largest absolute Gasteiger partial charge is 0.482 e. The van der Waals surface area contributed by atoms with Crippen molar-refractivity contribution in [2.24, 2.45) is 5.41 Å². The number of rotatable bonds is 4. The highest BCUT2D eigenvalue weighted by atomic mass is 16.5. The maximum absolute atomic E-state index is 12.6. The SMILES string of the molecule is O=C(COc1cccnc1)N1CCC2(COCC(=O)N(c3ccccc3)C2)C1. The Morgan fingerprint density at radius 3 is 2.82 bits per heavy atom. The zero-order chi connectivity index (χ0) is 19.4. The third kappa shape index (κ3) is 3.99. The summed E-state index contributed by atoms with van der Waals surface area (Å²) < 4.78 is 11.2. The summed E-state index contributed by atoms with van der Waals surface area (Å²) in [6.07, 6.45) is 4.04. The summed E-state index contributed by atoms with van der Waals surface area (Å²) >= 11 is 0. The van der Waals surface area contributed by atoms with Crippen molar-refractivity contribution in [2.45, 2.75) is 6.42 Å². The second-order valence-electron chi connectivity index (χ2n) is 7.35. The van der Waals surface area contributed by atoms with Crippen molar-refractivity contribution < 1.29 is 19.1 Å². The van der Waals surface area contributed by atoms with Gasteiger partial charge in [0.15, 0.2) is 6.61 Å². The van der Waals surface area contributed by atoms with Gasteiger partial charge in [0.05, 0.1) is 12.8 Å². The highest BCUT2D eigenvalue weighted by molar-refractivity contribution is 5.94. The molecule has 0 saturated carbocycles. The van der Waals surface area contributed by atoms with Crippen molar-refractivity contribution in [3.8, 4) is 5.75 Å². The monoisotopic (exact) mass is 381 g/mol. The van der Waals surface area contributed by atoms with E-state index in [1.165, 1.54) is 0 Å². The minimum Gasteiger partial charge on any atom is -0.482 e. The van der Waals surface area contributed by atoms with Gasteiger partial charge in [-0.3, -0.25) is 14.6 Å². The zero-order valence-electron chi connectivity index (χ0n) is 15.6. The predicted molar refractivity (Wildman–Crippen MR) is 103 cm³/mol. The standard InChI is InChI=1S/C21H23N3O4/c25-19(13-28-18-7-4-9-22-11-18)23-10-8-21(14-23)15-24(20(26)12-27-16-21)17-5-2-1-3-6-17/h1-7,9,11H,8,10,12-16H2. The van der Waals surface area contributed by atoms with Crippen LogP contribution in [0.25, 0.3) is 0 Å². The molecule has 1 atom stereocenters. The van der Waals surface area contributed by atoms with Crippen LogP contribution in [-0.2, 0) is 14.3 Å². The fourth-order valence-corrected chi connectivity index (χ4v) is 3.81. The van der Waals surface area contributed by atoms with Gasteiger partial charge in [0.2, 0.25) is 0 Å². The Morgan fingerprint density at radius 1 is 1.18 bits per heavy atom. The molecule has 2 fully saturated rings. The smallest absolute Gasteiger partial charge is 0.260 e. The van der Waals surface area contributed by atoms with Crippen LogP contribution in [0.1, 0.15) is 6.42 Å². The molecule has 0 radical (unpaired) electrons. The number of hydrogen-bond acceptors (Lipinski definition) is 5. The van der Waals surface area contributed by atoms with E-state index in [-0.39, 0.29) is 30.4 Å². The molecule has 1 aromatic carbocycles. The normalized spacial score (nSPS) is 22.4. The minimum atomic E-state index is -0.258. The summed E-state index contributed by atoms with van der Waals surface area (Å²) in [5.74, 6) is 0.457.